The Morgan fingerprint density at radius 2 is 2.05 bits per heavy atom. The molecule has 1 aliphatic heterocycles. The van der Waals surface area contributed by atoms with E-state index in [2.05, 4.69) is 5.32 Å². The molecular formula is C12H15N3O4. The lowest BCUT2D eigenvalue weighted by atomic mass is 10.0. The Bertz CT molecular complexity index is 468. The largest absolute Gasteiger partial charge is 0.396 e. The van der Waals surface area contributed by atoms with Crippen LogP contribution in [0.25, 0.3) is 0 Å². The van der Waals surface area contributed by atoms with Gasteiger partial charge in [0.1, 0.15) is 0 Å². The van der Waals surface area contributed by atoms with Gasteiger partial charge in [0, 0.05) is 43.4 Å². The quantitative estimate of drug-likeness (QED) is 0.595. The number of nitrogens with one attached hydrogen (secondary N) is 1. The van der Waals surface area contributed by atoms with E-state index in [4.69, 9.17) is 5.11 Å². The molecule has 0 atom stereocenters. The molecule has 0 aliphatic carbocycles. The Morgan fingerprint density at radius 3 is 2.58 bits per heavy atom. The summed E-state index contributed by atoms with van der Waals surface area (Å²) in [7, 11) is 0. The fourth-order valence-corrected chi connectivity index (χ4v) is 1.99. The molecule has 1 heterocycles. The summed E-state index contributed by atoms with van der Waals surface area (Å²) in [5, 5.41) is 22.0. The van der Waals surface area contributed by atoms with Crippen molar-refractivity contribution in [1.82, 2.24) is 4.90 Å². The molecule has 0 bridgehead atoms. The van der Waals surface area contributed by atoms with E-state index < -0.39 is 4.92 Å². The van der Waals surface area contributed by atoms with Gasteiger partial charge in [-0.05, 0) is 12.1 Å². The number of amides is 1. The van der Waals surface area contributed by atoms with Crippen LogP contribution >= 0.6 is 0 Å². The summed E-state index contributed by atoms with van der Waals surface area (Å²) in [6, 6.07) is 5.70. The number of rotatable bonds is 5. The highest BCUT2D eigenvalue weighted by Gasteiger charge is 2.27. The average Bonchev–Trinajstić information content (AvgIpc) is 2.33. The van der Waals surface area contributed by atoms with Crippen LogP contribution in [-0.2, 0) is 4.79 Å². The molecule has 0 aromatic heterocycles. The summed E-state index contributed by atoms with van der Waals surface area (Å²) in [5.74, 6) is 0.109. The van der Waals surface area contributed by atoms with E-state index in [9.17, 15) is 14.9 Å². The minimum atomic E-state index is -0.485. The number of carbonyl (C=O) groups excluding carboxylic acids is 1. The zero-order chi connectivity index (χ0) is 13.8. The molecule has 1 amide bonds. The number of nitrogens with zero attached hydrogens (tertiary/aromatic N) is 2. The molecule has 2 rings (SSSR count). The van der Waals surface area contributed by atoms with Crippen molar-refractivity contribution in [2.24, 2.45) is 5.92 Å². The van der Waals surface area contributed by atoms with Crippen LogP contribution in [0.5, 0.6) is 0 Å². The minimum Gasteiger partial charge on any atom is -0.396 e. The van der Waals surface area contributed by atoms with Crippen molar-refractivity contribution in [3.05, 3.63) is 34.4 Å². The molecular weight excluding hydrogens is 250 g/mol. The van der Waals surface area contributed by atoms with Crippen LogP contribution < -0.4 is 5.32 Å². The van der Waals surface area contributed by atoms with Crippen molar-refractivity contribution in [3.8, 4) is 0 Å². The van der Waals surface area contributed by atoms with Crippen molar-refractivity contribution in [2.75, 3.05) is 31.6 Å². The van der Waals surface area contributed by atoms with Crippen LogP contribution in [0.4, 0.5) is 11.4 Å². The van der Waals surface area contributed by atoms with Crippen LogP contribution in [0.1, 0.15) is 0 Å². The van der Waals surface area contributed by atoms with E-state index in [1.54, 1.807) is 0 Å². The Balaban J connectivity index is 1.80. The van der Waals surface area contributed by atoms with Gasteiger partial charge in [-0.2, -0.15) is 0 Å². The maximum absolute atomic E-state index is 11.7. The number of nitro benzene ring substituents is 1. The average molecular weight is 265 g/mol. The molecule has 1 aromatic carbocycles. The number of benzene rings is 1. The second-order valence-corrected chi connectivity index (χ2v) is 4.59. The van der Waals surface area contributed by atoms with Gasteiger partial charge >= 0.3 is 0 Å². The number of nitro groups is 1. The third-order valence-corrected chi connectivity index (χ3v) is 3.02. The van der Waals surface area contributed by atoms with E-state index in [-0.39, 0.29) is 30.7 Å². The zero-order valence-electron chi connectivity index (χ0n) is 10.3. The SMILES string of the molecule is O=C(CN1CC(CO)C1)Nc1ccc([N+](=O)[O-])cc1. The number of hydrogen-bond donors (Lipinski definition) is 2. The normalized spacial score (nSPS) is 15.8. The molecule has 1 aliphatic rings. The van der Waals surface area contributed by atoms with Crippen molar-refractivity contribution >= 4 is 17.3 Å². The summed E-state index contributed by atoms with van der Waals surface area (Å²) in [5.41, 5.74) is 0.529. The second-order valence-electron chi connectivity index (χ2n) is 4.59. The maximum Gasteiger partial charge on any atom is 0.269 e. The predicted molar refractivity (Wildman–Crippen MR) is 68.7 cm³/mol. The highest BCUT2D eigenvalue weighted by atomic mass is 16.6. The van der Waals surface area contributed by atoms with Gasteiger partial charge in [-0.25, -0.2) is 0 Å². The monoisotopic (exact) mass is 265 g/mol. The number of anilines is 1. The maximum atomic E-state index is 11.7. The smallest absolute Gasteiger partial charge is 0.269 e. The molecule has 0 unspecified atom stereocenters. The van der Waals surface area contributed by atoms with Gasteiger partial charge in [0.25, 0.3) is 5.69 Å². The van der Waals surface area contributed by atoms with Crippen LogP contribution in [-0.4, -0.2) is 47.1 Å². The second kappa shape index (κ2) is 5.77. The summed E-state index contributed by atoms with van der Waals surface area (Å²) >= 11 is 0. The molecule has 1 aromatic rings. The van der Waals surface area contributed by atoms with Gasteiger partial charge in [-0.3, -0.25) is 19.8 Å². The van der Waals surface area contributed by atoms with Gasteiger partial charge in [-0.15, -0.1) is 0 Å². The van der Waals surface area contributed by atoms with E-state index >= 15 is 0 Å². The summed E-state index contributed by atoms with van der Waals surface area (Å²) < 4.78 is 0. The van der Waals surface area contributed by atoms with Crippen LogP contribution in [0, 0.1) is 16.0 Å². The third kappa shape index (κ3) is 3.49. The highest BCUT2D eigenvalue weighted by molar-refractivity contribution is 5.92. The lowest BCUT2D eigenvalue weighted by Gasteiger charge is -2.37. The van der Waals surface area contributed by atoms with Gasteiger partial charge in [0.05, 0.1) is 11.5 Å². The fourth-order valence-electron chi connectivity index (χ4n) is 1.99. The summed E-state index contributed by atoms with van der Waals surface area (Å²) in [6.45, 7) is 1.88. The van der Waals surface area contributed by atoms with Crippen LogP contribution in [0.15, 0.2) is 24.3 Å². The Kier molecular flexibility index (Phi) is 4.08. The number of aliphatic hydroxyl groups is 1. The minimum absolute atomic E-state index is 0.00784. The molecule has 7 nitrogen and oxygen atoms in total. The predicted octanol–water partition coefficient (Wildman–Crippen LogP) is 0.457. The first-order chi connectivity index (χ1) is 9.08. The fraction of sp³-hybridized carbons (Fsp3) is 0.417. The molecule has 2 N–H and O–H groups in total. The zero-order valence-corrected chi connectivity index (χ0v) is 10.3. The lowest BCUT2D eigenvalue weighted by molar-refractivity contribution is -0.384. The van der Waals surface area contributed by atoms with E-state index in [0.717, 1.165) is 13.1 Å². The molecule has 0 saturated carbocycles. The number of aliphatic hydroxyl groups excluding tert-OH is 1. The topological polar surface area (TPSA) is 95.7 Å². The number of hydrogen-bond acceptors (Lipinski definition) is 5. The van der Waals surface area contributed by atoms with Crippen molar-refractivity contribution in [1.29, 1.82) is 0 Å². The number of likely N-dealkylation sites (tertiary alicyclic amines) is 1. The number of non-ortho nitro benzene ring substituents is 1. The third-order valence-electron chi connectivity index (χ3n) is 3.02. The van der Waals surface area contributed by atoms with E-state index in [1.807, 2.05) is 4.90 Å². The van der Waals surface area contributed by atoms with Gasteiger partial charge in [0.2, 0.25) is 5.91 Å². The molecule has 1 saturated heterocycles. The first kappa shape index (κ1) is 13.4. The Labute approximate surface area is 110 Å². The molecule has 7 heteroatoms. The first-order valence-electron chi connectivity index (χ1n) is 5.96. The van der Waals surface area contributed by atoms with Crippen LogP contribution in [0.2, 0.25) is 0 Å². The molecule has 0 spiro atoms. The Morgan fingerprint density at radius 1 is 1.42 bits per heavy atom. The summed E-state index contributed by atoms with van der Waals surface area (Å²) in [4.78, 5) is 23.6. The first-order valence-corrected chi connectivity index (χ1v) is 5.96. The van der Waals surface area contributed by atoms with Gasteiger partial charge in [-0.1, -0.05) is 0 Å². The number of carbonyl (C=O) groups is 1. The lowest BCUT2D eigenvalue weighted by Crippen LogP contribution is -2.51. The van der Waals surface area contributed by atoms with E-state index in [1.165, 1.54) is 24.3 Å². The van der Waals surface area contributed by atoms with Gasteiger partial charge < -0.3 is 10.4 Å². The Hall–Kier alpha value is -1.99. The molecule has 0 radical (unpaired) electrons. The van der Waals surface area contributed by atoms with Crippen LogP contribution in [0.3, 0.4) is 0 Å². The summed E-state index contributed by atoms with van der Waals surface area (Å²) in [6.07, 6.45) is 0. The molecule has 1 fully saturated rings. The molecule has 19 heavy (non-hydrogen) atoms. The van der Waals surface area contributed by atoms with E-state index in [0.29, 0.717) is 5.69 Å². The highest BCUT2D eigenvalue weighted by Crippen LogP contribution is 2.16. The van der Waals surface area contributed by atoms with Gasteiger partial charge in [0.15, 0.2) is 0 Å². The molecule has 102 valence electrons. The van der Waals surface area contributed by atoms with Crippen molar-refractivity contribution < 1.29 is 14.8 Å². The van der Waals surface area contributed by atoms with Crippen molar-refractivity contribution in [2.45, 2.75) is 0 Å². The standard InChI is InChI=1S/C12H15N3O4/c16-8-9-5-14(6-9)7-12(17)13-10-1-3-11(4-2-10)15(18)19/h1-4,9,16H,5-8H2,(H,13,17). The van der Waals surface area contributed by atoms with Crippen molar-refractivity contribution in [3.63, 3.8) is 0 Å².